The van der Waals surface area contributed by atoms with Crippen LogP contribution in [0.1, 0.15) is 12.7 Å². The first-order chi connectivity index (χ1) is 11.6. The van der Waals surface area contributed by atoms with Crippen molar-refractivity contribution in [2.75, 3.05) is 13.7 Å². The van der Waals surface area contributed by atoms with E-state index in [1.807, 2.05) is 6.07 Å². The Bertz CT molecular complexity index is 739. The molecule has 24 heavy (non-hydrogen) atoms. The molecule has 0 aliphatic rings. The third-order valence-corrected chi connectivity index (χ3v) is 3.37. The number of hydrogen-bond acceptors (Lipinski definition) is 5. The zero-order valence-corrected chi connectivity index (χ0v) is 14.9. The molecule has 0 aliphatic heterocycles. The SMILES string of the molecule is COc1cc(Br)ccc1OCC(=O)NN=C(C)C=Cc1ccco1. The minimum absolute atomic E-state index is 0.170. The lowest BCUT2D eigenvalue weighted by Gasteiger charge is -2.10. The second-order valence-electron chi connectivity index (χ2n) is 4.72. The van der Waals surface area contributed by atoms with E-state index in [1.165, 1.54) is 7.11 Å². The molecule has 0 unspecified atom stereocenters. The molecule has 0 aliphatic carbocycles. The van der Waals surface area contributed by atoms with Gasteiger partial charge >= 0.3 is 0 Å². The van der Waals surface area contributed by atoms with Crippen LogP contribution >= 0.6 is 15.9 Å². The van der Waals surface area contributed by atoms with Gasteiger partial charge in [0.15, 0.2) is 18.1 Å². The summed E-state index contributed by atoms with van der Waals surface area (Å²) < 4.78 is 16.7. The van der Waals surface area contributed by atoms with Gasteiger partial charge in [-0.05, 0) is 49.4 Å². The summed E-state index contributed by atoms with van der Waals surface area (Å²) in [6.07, 6.45) is 5.08. The number of hydrogen-bond donors (Lipinski definition) is 1. The number of rotatable bonds is 7. The summed E-state index contributed by atoms with van der Waals surface area (Å²) in [6, 6.07) is 8.90. The van der Waals surface area contributed by atoms with E-state index in [-0.39, 0.29) is 12.5 Å². The molecule has 7 heteroatoms. The van der Waals surface area contributed by atoms with Crippen LogP contribution in [0.15, 0.2) is 56.7 Å². The number of methoxy groups -OCH3 is 1. The van der Waals surface area contributed by atoms with E-state index < -0.39 is 0 Å². The average Bonchev–Trinajstić information content (AvgIpc) is 3.10. The molecule has 0 atom stereocenters. The Morgan fingerprint density at radius 3 is 2.92 bits per heavy atom. The van der Waals surface area contributed by atoms with Crippen molar-refractivity contribution < 1.29 is 18.7 Å². The molecule has 0 radical (unpaired) electrons. The number of halogens is 1. The number of nitrogens with one attached hydrogen (secondary N) is 1. The molecular formula is C17H17BrN2O4. The molecule has 1 N–H and O–H groups in total. The molecule has 1 aromatic heterocycles. The zero-order valence-electron chi connectivity index (χ0n) is 13.3. The Morgan fingerprint density at radius 1 is 1.38 bits per heavy atom. The fourth-order valence-corrected chi connectivity index (χ4v) is 2.05. The van der Waals surface area contributed by atoms with Crippen LogP contribution in [0.5, 0.6) is 11.5 Å². The fourth-order valence-electron chi connectivity index (χ4n) is 1.71. The number of carbonyl (C=O) groups is 1. The van der Waals surface area contributed by atoms with Gasteiger partial charge in [0.2, 0.25) is 0 Å². The number of allylic oxidation sites excluding steroid dienone is 1. The number of carbonyl (C=O) groups excluding carboxylic acids is 1. The van der Waals surface area contributed by atoms with Crippen molar-refractivity contribution in [1.29, 1.82) is 0 Å². The first kappa shape index (κ1) is 17.8. The molecule has 6 nitrogen and oxygen atoms in total. The minimum Gasteiger partial charge on any atom is -0.493 e. The summed E-state index contributed by atoms with van der Waals surface area (Å²) in [5, 5.41) is 3.96. The Balaban J connectivity index is 1.84. The maximum atomic E-state index is 11.8. The van der Waals surface area contributed by atoms with Crippen LogP contribution in [0, 0.1) is 0 Å². The maximum absolute atomic E-state index is 11.8. The van der Waals surface area contributed by atoms with Gasteiger partial charge in [0, 0.05) is 4.47 Å². The van der Waals surface area contributed by atoms with Crippen molar-refractivity contribution in [1.82, 2.24) is 5.43 Å². The monoisotopic (exact) mass is 392 g/mol. The fraction of sp³-hybridized carbons (Fsp3) is 0.176. The van der Waals surface area contributed by atoms with E-state index >= 15 is 0 Å². The third kappa shape index (κ3) is 5.58. The molecule has 0 bridgehead atoms. The van der Waals surface area contributed by atoms with E-state index in [4.69, 9.17) is 13.9 Å². The predicted octanol–water partition coefficient (Wildman–Crippen LogP) is 3.64. The van der Waals surface area contributed by atoms with E-state index in [9.17, 15) is 4.79 Å². The van der Waals surface area contributed by atoms with Crippen LogP contribution in [0.2, 0.25) is 0 Å². The molecule has 126 valence electrons. The van der Waals surface area contributed by atoms with Gasteiger partial charge in [-0.15, -0.1) is 0 Å². The highest BCUT2D eigenvalue weighted by Gasteiger charge is 2.07. The van der Waals surface area contributed by atoms with Crippen LogP contribution in [0.3, 0.4) is 0 Å². The second kappa shape index (κ2) is 8.93. The second-order valence-corrected chi connectivity index (χ2v) is 5.64. The number of benzene rings is 1. The van der Waals surface area contributed by atoms with Crippen molar-refractivity contribution in [3.63, 3.8) is 0 Å². The van der Waals surface area contributed by atoms with E-state index in [2.05, 4.69) is 26.5 Å². The third-order valence-electron chi connectivity index (χ3n) is 2.87. The maximum Gasteiger partial charge on any atom is 0.277 e. The standard InChI is InChI=1S/C17H17BrN2O4/c1-12(5-7-14-4-3-9-23-14)19-20-17(21)11-24-15-8-6-13(18)10-16(15)22-2/h3-10H,11H2,1-2H3,(H,20,21). The summed E-state index contributed by atoms with van der Waals surface area (Å²) in [5.41, 5.74) is 3.05. The molecule has 0 spiro atoms. The highest BCUT2D eigenvalue weighted by molar-refractivity contribution is 9.10. The number of furan rings is 1. The van der Waals surface area contributed by atoms with Gasteiger partial charge in [0.25, 0.3) is 5.91 Å². The smallest absolute Gasteiger partial charge is 0.277 e. The molecule has 0 saturated heterocycles. The molecule has 2 aromatic rings. The molecule has 1 amide bonds. The van der Waals surface area contributed by atoms with Gasteiger partial charge in [-0.1, -0.05) is 15.9 Å². The summed E-state index contributed by atoms with van der Waals surface area (Å²) in [4.78, 5) is 11.8. The van der Waals surface area contributed by atoms with Crippen molar-refractivity contribution in [2.45, 2.75) is 6.92 Å². The van der Waals surface area contributed by atoms with Crippen molar-refractivity contribution >= 4 is 33.6 Å². The number of hydrazone groups is 1. The van der Waals surface area contributed by atoms with Crippen LogP contribution in [-0.2, 0) is 4.79 Å². The molecule has 1 heterocycles. The molecule has 0 saturated carbocycles. The zero-order chi connectivity index (χ0) is 17.4. The molecule has 2 rings (SSSR count). The normalized spacial score (nSPS) is 11.5. The van der Waals surface area contributed by atoms with Gasteiger partial charge < -0.3 is 13.9 Å². The first-order valence-electron chi connectivity index (χ1n) is 7.09. The first-order valence-corrected chi connectivity index (χ1v) is 7.89. The average molecular weight is 393 g/mol. The lowest BCUT2D eigenvalue weighted by molar-refractivity contribution is -0.123. The summed E-state index contributed by atoms with van der Waals surface area (Å²) in [6.45, 7) is 1.59. The Labute approximate surface area is 148 Å². The van der Waals surface area contributed by atoms with Gasteiger partial charge in [0.05, 0.1) is 19.1 Å². The topological polar surface area (TPSA) is 73.1 Å². The number of amides is 1. The van der Waals surface area contributed by atoms with E-state index in [1.54, 1.807) is 49.6 Å². The van der Waals surface area contributed by atoms with Gasteiger partial charge in [-0.3, -0.25) is 4.79 Å². The van der Waals surface area contributed by atoms with E-state index in [0.717, 1.165) is 4.47 Å². The van der Waals surface area contributed by atoms with Crippen molar-refractivity contribution in [3.8, 4) is 11.5 Å². The van der Waals surface area contributed by atoms with Crippen LogP contribution in [0.4, 0.5) is 0 Å². The van der Waals surface area contributed by atoms with Gasteiger partial charge in [0.1, 0.15) is 5.76 Å². The van der Waals surface area contributed by atoms with Gasteiger partial charge in [-0.2, -0.15) is 5.10 Å². The quantitative estimate of drug-likeness (QED) is 0.576. The largest absolute Gasteiger partial charge is 0.493 e. The van der Waals surface area contributed by atoms with E-state index in [0.29, 0.717) is 23.0 Å². The van der Waals surface area contributed by atoms with Crippen LogP contribution in [-0.4, -0.2) is 25.3 Å². The van der Waals surface area contributed by atoms with Crippen molar-refractivity contribution in [2.24, 2.45) is 5.10 Å². The number of nitrogens with zero attached hydrogens (tertiary/aromatic N) is 1. The summed E-state index contributed by atoms with van der Waals surface area (Å²) >= 11 is 3.34. The lowest BCUT2D eigenvalue weighted by Crippen LogP contribution is -2.25. The molecule has 1 aromatic carbocycles. The molecule has 0 fully saturated rings. The highest BCUT2D eigenvalue weighted by atomic mass is 79.9. The molecular weight excluding hydrogens is 376 g/mol. The summed E-state index contributed by atoms with van der Waals surface area (Å²) in [7, 11) is 1.54. The lowest BCUT2D eigenvalue weighted by atomic mass is 10.3. The number of ether oxygens (including phenoxy) is 2. The van der Waals surface area contributed by atoms with Gasteiger partial charge in [-0.25, -0.2) is 5.43 Å². The van der Waals surface area contributed by atoms with Crippen LogP contribution < -0.4 is 14.9 Å². The van der Waals surface area contributed by atoms with Crippen LogP contribution in [0.25, 0.3) is 6.08 Å². The predicted molar refractivity (Wildman–Crippen MR) is 95.2 cm³/mol. The minimum atomic E-state index is -0.370. The Hall–Kier alpha value is -2.54. The Kier molecular flexibility index (Phi) is 6.62. The van der Waals surface area contributed by atoms with Crippen molar-refractivity contribution in [3.05, 3.63) is 52.9 Å². The summed E-state index contributed by atoms with van der Waals surface area (Å²) in [5.74, 6) is 1.36. The highest BCUT2D eigenvalue weighted by Crippen LogP contribution is 2.29. The Morgan fingerprint density at radius 2 is 2.21 bits per heavy atom.